The van der Waals surface area contributed by atoms with Crippen molar-refractivity contribution in [3.8, 4) is 0 Å². The van der Waals surface area contributed by atoms with Crippen molar-refractivity contribution in [3.63, 3.8) is 0 Å². The average molecular weight is 243 g/mol. The topological polar surface area (TPSA) is 66.4 Å². The van der Waals surface area contributed by atoms with Crippen LogP contribution in [0.4, 0.5) is 0 Å². The summed E-state index contributed by atoms with van der Waals surface area (Å²) in [4.78, 5) is 23.2. The van der Waals surface area contributed by atoms with Gasteiger partial charge in [0.2, 0.25) is 5.91 Å². The second-order valence-corrected chi connectivity index (χ2v) is 5.25. The van der Waals surface area contributed by atoms with Crippen LogP contribution in [0.5, 0.6) is 0 Å². The van der Waals surface area contributed by atoms with Gasteiger partial charge in [-0.1, -0.05) is 20.8 Å². The molecular weight excluding hydrogens is 218 g/mol. The summed E-state index contributed by atoms with van der Waals surface area (Å²) in [6, 6.07) is 0. The lowest BCUT2D eigenvalue weighted by molar-refractivity contribution is -0.152. The third kappa shape index (κ3) is 4.36. The van der Waals surface area contributed by atoms with Gasteiger partial charge in [0, 0.05) is 12.0 Å². The van der Waals surface area contributed by atoms with Gasteiger partial charge in [0.1, 0.15) is 0 Å². The van der Waals surface area contributed by atoms with E-state index in [0.29, 0.717) is 12.8 Å². The lowest BCUT2D eigenvalue weighted by atomic mass is 9.79. The first-order valence-electron chi connectivity index (χ1n) is 6.27. The van der Waals surface area contributed by atoms with E-state index in [4.69, 9.17) is 0 Å². The molecule has 0 saturated carbocycles. The van der Waals surface area contributed by atoms with Crippen LogP contribution in [-0.2, 0) is 9.59 Å². The van der Waals surface area contributed by atoms with Crippen molar-refractivity contribution in [1.82, 2.24) is 5.32 Å². The number of nitrogens with one attached hydrogen (secondary N) is 1. The normalized spacial score (nSPS) is 12.3. The van der Waals surface area contributed by atoms with Crippen molar-refractivity contribution in [2.45, 2.75) is 65.8 Å². The maximum atomic E-state index is 11.9. The minimum atomic E-state index is -0.923. The van der Waals surface area contributed by atoms with Crippen LogP contribution >= 0.6 is 0 Å². The molecule has 100 valence electrons. The first-order chi connectivity index (χ1) is 7.73. The predicted molar refractivity (Wildman–Crippen MR) is 67.8 cm³/mol. The lowest BCUT2D eigenvalue weighted by Gasteiger charge is -2.30. The second kappa shape index (κ2) is 6.03. The zero-order valence-electron chi connectivity index (χ0n) is 11.6. The second-order valence-electron chi connectivity index (χ2n) is 5.25. The van der Waals surface area contributed by atoms with Crippen molar-refractivity contribution in [2.75, 3.05) is 0 Å². The van der Waals surface area contributed by atoms with E-state index in [1.807, 2.05) is 34.6 Å². The van der Waals surface area contributed by atoms with Crippen LogP contribution in [0.25, 0.3) is 0 Å². The van der Waals surface area contributed by atoms with E-state index in [2.05, 4.69) is 5.32 Å². The van der Waals surface area contributed by atoms with Gasteiger partial charge in [-0.3, -0.25) is 9.59 Å². The van der Waals surface area contributed by atoms with E-state index in [-0.39, 0.29) is 17.9 Å². The molecule has 1 amide bonds. The molecule has 0 aromatic rings. The van der Waals surface area contributed by atoms with Gasteiger partial charge >= 0.3 is 5.97 Å². The van der Waals surface area contributed by atoms with Gasteiger partial charge in [0.15, 0.2) is 0 Å². The molecule has 0 aliphatic heterocycles. The quantitative estimate of drug-likeness (QED) is 0.722. The Hall–Kier alpha value is -1.06. The molecule has 0 aliphatic carbocycles. The number of rotatable bonds is 7. The van der Waals surface area contributed by atoms with Crippen LogP contribution in [0.2, 0.25) is 0 Å². The summed E-state index contributed by atoms with van der Waals surface area (Å²) in [5.41, 5.74) is -1.20. The molecule has 0 rings (SSSR count). The van der Waals surface area contributed by atoms with Gasteiger partial charge in [-0.2, -0.15) is 0 Å². The van der Waals surface area contributed by atoms with Crippen LogP contribution in [-0.4, -0.2) is 22.5 Å². The number of amides is 1. The Bertz CT molecular complexity index is 280. The number of carbonyl (C=O) groups is 2. The highest BCUT2D eigenvalue weighted by Crippen LogP contribution is 2.31. The highest BCUT2D eigenvalue weighted by molar-refractivity contribution is 5.85. The van der Waals surface area contributed by atoms with Gasteiger partial charge in [-0.15, -0.1) is 0 Å². The maximum Gasteiger partial charge on any atom is 0.310 e. The molecule has 0 aromatic carbocycles. The molecule has 4 nitrogen and oxygen atoms in total. The molecule has 0 fully saturated rings. The highest BCUT2D eigenvalue weighted by Gasteiger charge is 2.37. The summed E-state index contributed by atoms with van der Waals surface area (Å²) in [6.45, 7) is 9.49. The fraction of sp³-hybridized carbons (Fsp3) is 0.846. The summed E-state index contributed by atoms with van der Waals surface area (Å²) in [7, 11) is 0. The number of hydrogen-bond donors (Lipinski definition) is 2. The first kappa shape index (κ1) is 15.9. The number of carboxylic acid groups (broad SMARTS) is 1. The number of carbonyl (C=O) groups excluding carboxylic acids is 1. The van der Waals surface area contributed by atoms with Gasteiger partial charge in [-0.05, 0) is 33.1 Å². The van der Waals surface area contributed by atoms with Crippen molar-refractivity contribution in [2.24, 2.45) is 5.41 Å². The largest absolute Gasteiger partial charge is 0.481 e. The molecule has 0 bridgehead atoms. The zero-order chi connectivity index (χ0) is 13.7. The van der Waals surface area contributed by atoms with Crippen LogP contribution in [0.1, 0.15) is 60.3 Å². The van der Waals surface area contributed by atoms with Gasteiger partial charge in [0.25, 0.3) is 0 Å². The fourth-order valence-electron chi connectivity index (χ4n) is 1.70. The van der Waals surface area contributed by atoms with Crippen molar-refractivity contribution >= 4 is 11.9 Å². The van der Waals surface area contributed by atoms with E-state index >= 15 is 0 Å². The van der Waals surface area contributed by atoms with Gasteiger partial charge < -0.3 is 10.4 Å². The van der Waals surface area contributed by atoms with Crippen LogP contribution in [0.15, 0.2) is 0 Å². The van der Waals surface area contributed by atoms with Crippen LogP contribution < -0.4 is 5.32 Å². The highest BCUT2D eigenvalue weighted by atomic mass is 16.4. The standard InChI is InChI=1S/C13H25NO3/c1-6-12(4,5)14-10(15)9-13(7-2,8-3)11(16)17/h6-9H2,1-5H3,(H,14,15)(H,16,17). The Morgan fingerprint density at radius 3 is 1.82 bits per heavy atom. The number of carboxylic acids is 1. The Balaban J connectivity index is 4.69. The Morgan fingerprint density at radius 2 is 1.53 bits per heavy atom. The van der Waals surface area contributed by atoms with E-state index in [1.165, 1.54) is 0 Å². The molecule has 0 atom stereocenters. The molecule has 4 heteroatoms. The third-order valence-corrected chi connectivity index (χ3v) is 3.67. The van der Waals surface area contributed by atoms with Crippen LogP contribution in [0.3, 0.4) is 0 Å². The van der Waals surface area contributed by atoms with Crippen molar-refractivity contribution in [1.29, 1.82) is 0 Å². The van der Waals surface area contributed by atoms with E-state index in [1.54, 1.807) is 0 Å². The molecule has 0 saturated heterocycles. The van der Waals surface area contributed by atoms with E-state index in [9.17, 15) is 14.7 Å². The fourth-order valence-corrected chi connectivity index (χ4v) is 1.70. The molecule has 0 spiro atoms. The number of hydrogen-bond acceptors (Lipinski definition) is 2. The van der Waals surface area contributed by atoms with Gasteiger partial charge in [-0.25, -0.2) is 0 Å². The molecule has 0 radical (unpaired) electrons. The Morgan fingerprint density at radius 1 is 1.06 bits per heavy atom. The SMILES string of the molecule is CCC(C)(C)NC(=O)CC(CC)(CC)C(=O)O. The third-order valence-electron chi connectivity index (χ3n) is 3.67. The number of aliphatic carboxylic acids is 1. The summed E-state index contributed by atoms with van der Waals surface area (Å²) < 4.78 is 0. The smallest absolute Gasteiger partial charge is 0.310 e. The predicted octanol–water partition coefficient (Wildman–Crippen LogP) is 2.57. The lowest BCUT2D eigenvalue weighted by Crippen LogP contribution is -2.46. The molecule has 17 heavy (non-hydrogen) atoms. The summed E-state index contributed by atoms with van der Waals surface area (Å²) in [6.07, 6.45) is 1.81. The minimum absolute atomic E-state index is 0.0543. The first-order valence-corrected chi connectivity index (χ1v) is 6.27. The Kier molecular flexibility index (Phi) is 5.66. The van der Waals surface area contributed by atoms with Gasteiger partial charge in [0.05, 0.1) is 5.41 Å². The van der Waals surface area contributed by atoms with Crippen LogP contribution in [0, 0.1) is 5.41 Å². The van der Waals surface area contributed by atoms with E-state index < -0.39 is 11.4 Å². The van der Waals surface area contributed by atoms with E-state index in [0.717, 1.165) is 6.42 Å². The molecular formula is C13H25NO3. The minimum Gasteiger partial charge on any atom is -0.481 e. The Labute approximate surface area is 104 Å². The van der Waals surface area contributed by atoms with Crippen molar-refractivity contribution in [3.05, 3.63) is 0 Å². The summed E-state index contributed by atoms with van der Waals surface area (Å²) >= 11 is 0. The summed E-state index contributed by atoms with van der Waals surface area (Å²) in [5.74, 6) is -1.06. The molecule has 0 heterocycles. The summed E-state index contributed by atoms with van der Waals surface area (Å²) in [5, 5.41) is 12.1. The molecule has 0 aromatic heterocycles. The average Bonchev–Trinajstić information content (AvgIpc) is 2.25. The molecule has 0 unspecified atom stereocenters. The zero-order valence-corrected chi connectivity index (χ0v) is 11.6. The molecule has 0 aliphatic rings. The monoisotopic (exact) mass is 243 g/mol. The maximum absolute atomic E-state index is 11.9. The molecule has 2 N–H and O–H groups in total. The van der Waals surface area contributed by atoms with Crippen molar-refractivity contribution < 1.29 is 14.7 Å².